The highest BCUT2D eigenvalue weighted by Gasteiger charge is 2.36. The Labute approximate surface area is 97.6 Å². The largest absolute Gasteiger partial charge is 0.394 e. The van der Waals surface area contributed by atoms with Crippen LogP contribution in [0.1, 0.15) is 27.2 Å². The van der Waals surface area contributed by atoms with E-state index in [1.807, 2.05) is 4.90 Å². The van der Waals surface area contributed by atoms with Gasteiger partial charge in [-0.05, 0) is 11.3 Å². The maximum absolute atomic E-state index is 11.7. The molecule has 0 spiro atoms. The third-order valence-electron chi connectivity index (χ3n) is 3.18. The zero-order valence-corrected chi connectivity index (χ0v) is 10.5. The Morgan fingerprint density at radius 3 is 2.62 bits per heavy atom. The number of rotatable bonds is 5. The summed E-state index contributed by atoms with van der Waals surface area (Å²) in [5.74, 6) is 0.672. The number of aliphatic hydroxyl groups is 1. The summed E-state index contributed by atoms with van der Waals surface area (Å²) in [7, 11) is 0. The molecule has 1 saturated heterocycles. The lowest BCUT2D eigenvalue weighted by atomic mass is 9.80. The molecule has 0 saturated carbocycles. The van der Waals surface area contributed by atoms with E-state index in [4.69, 9.17) is 9.84 Å². The van der Waals surface area contributed by atoms with Crippen molar-refractivity contribution in [3.05, 3.63) is 0 Å². The molecule has 1 amide bonds. The highest BCUT2D eigenvalue weighted by Crippen LogP contribution is 2.33. The lowest BCUT2D eigenvalue weighted by molar-refractivity contribution is -0.128. The minimum atomic E-state index is 0.0402. The van der Waals surface area contributed by atoms with Gasteiger partial charge in [-0.1, -0.05) is 20.8 Å². The fourth-order valence-electron chi connectivity index (χ4n) is 1.91. The Bertz CT molecular complexity index is 235. The van der Waals surface area contributed by atoms with Gasteiger partial charge in [0.2, 0.25) is 5.91 Å². The van der Waals surface area contributed by atoms with Gasteiger partial charge in [0.05, 0.1) is 19.8 Å². The SMILES string of the molecule is CC(C)(C)C1CC(=O)N(CCOCCO)C1. The first-order valence-corrected chi connectivity index (χ1v) is 5.91. The number of carbonyl (C=O) groups excluding carboxylic acids is 1. The zero-order valence-electron chi connectivity index (χ0n) is 10.5. The molecule has 1 atom stereocenters. The van der Waals surface area contributed by atoms with E-state index in [9.17, 15) is 4.79 Å². The van der Waals surface area contributed by atoms with Crippen molar-refractivity contribution in [2.45, 2.75) is 27.2 Å². The quantitative estimate of drug-likeness (QED) is 0.712. The number of likely N-dealkylation sites (tertiary alicyclic amines) is 1. The smallest absolute Gasteiger partial charge is 0.223 e. The first-order chi connectivity index (χ1) is 7.45. The molecule has 0 aromatic rings. The lowest BCUT2D eigenvalue weighted by Gasteiger charge is -2.26. The molecule has 1 fully saturated rings. The van der Waals surface area contributed by atoms with Crippen molar-refractivity contribution in [1.82, 2.24) is 4.90 Å². The molecule has 1 rings (SSSR count). The van der Waals surface area contributed by atoms with E-state index in [2.05, 4.69) is 20.8 Å². The molecule has 1 aliphatic rings. The van der Waals surface area contributed by atoms with Crippen LogP contribution in [-0.4, -0.2) is 48.8 Å². The second kappa shape index (κ2) is 5.64. The highest BCUT2D eigenvalue weighted by molar-refractivity contribution is 5.78. The molecule has 4 heteroatoms. The van der Waals surface area contributed by atoms with Crippen LogP contribution < -0.4 is 0 Å². The summed E-state index contributed by atoms with van der Waals surface area (Å²) in [4.78, 5) is 13.6. The van der Waals surface area contributed by atoms with Crippen molar-refractivity contribution in [2.75, 3.05) is 32.9 Å². The number of hydrogen-bond acceptors (Lipinski definition) is 3. The summed E-state index contributed by atoms with van der Waals surface area (Å²) in [5, 5.41) is 8.55. The van der Waals surface area contributed by atoms with E-state index in [1.165, 1.54) is 0 Å². The molecule has 1 aliphatic heterocycles. The van der Waals surface area contributed by atoms with Crippen molar-refractivity contribution >= 4 is 5.91 Å². The van der Waals surface area contributed by atoms with Crippen molar-refractivity contribution in [3.63, 3.8) is 0 Å². The first kappa shape index (κ1) is 13.5. The Kier molecular flexibility index (Phi) is 4.74. The van der Waals surface area contributed by atoms with Crippen LogP contribution in [0.15, 0.2) is 0 Å². The van der Waals surface area contributed by atoms with Crippen LogP contribution in [-0.2, 0) is 9.53 Å². The maximum Gasteiger partial charge on any atom is 0.223 e. The van der Waals surface area contributed by atoms with E-state index in [0.29, 0.717) is 32.1 Å². The summed E-state index contributed by atoms with van der Waals surface area (Å²) < 4.78 is 5.17. The number of hydrogen-bond donors (Lipinski definition) is 1. The van der Waals surface area contributed by atoms with E-state index in [-0.39, 0.29) is 17.9 Å². The summed E-state index contributed by atoms with van der Waals surface area (Å²) in [6.07, 6.45) is 0.656. The molecule has 0 aliphatic carbocycles. The summed E-state index contributed by atoms with van der Waals surface area (Å²) in [5.41, 5.74) is 0.191. The molecule has 0 aromatic carbocycles. The van der Waals surface area contributed by atoms with Gasteiger partial charge in [0, 0.05) is 19.5 Å². The number of amides is 1. The number of aliphatic hydroxyl groups excluding tert-OH is 1. The molecule has 4 nitrogen and oxygen atoms in total. The monoisotopic (exact) mass is 229 g/mol. The van der Waals surface area contributed by atoms with Gasteiger partial charge < -0.3 is 14.7 Å². The van der Waals surface area contributed by atoms with Crippen LogP contribution in [0.4, 0.5) is 0 Å². The molecule has 0 bridgehead atoms. The predicted molar refractivity (Wildman–Crippen MR) is 62.0 cm³/mol. The minimum absolute atomic E-state index is 0.0402. The molecular formula is C12H23NO3. The fourth-order valence-corrected chi connectivity index (χ4v) is 1.91. The average Bonchev–Trinajstić information content (AvgIpc) is 2.55. The summed E-state index contributed by atoms with van der Waals surface area (Å²) >= 11 is 0. The van der Waals surface area contributed by atoms with Crippen LogP contribution in [0.25, 0.3) is 0 Å². The van der Waals surface area contributed by atoms with Gasteiger partial charge in [0.15, 0.2) is 0 Å². The second-order valence-corrected chi connectivity index (χ2v) is 5.44. The van der Waals surface area contributed by atoms with Crippen molar-refractivity contribution in [1.29, 1.82) is 0 Å². The van der Waals surface area contributed by atoms with Gasteiger partial charge in [0.25, 0.3) is 0 Å². The Hall–Kier alpha value is -0.610. The number of nitrogens with zero attached hydrogens (tertiary/aromatic N) is 1. The third kappa shape index (κ3) is 3.76. The average molecular weight is 229 g/mol. The van der Waals surface area contributed by atoms with Crippen molar-refractivity contribution in [3.8, 4) is 0 Å². The minimum Gasteiger partial charge on any atom is -0.394 e. The van der Waals surface area contributed by atoms with Crippen molar-refractivity contribution < 1.29 is 14.6 Å². The molecular weight excluding hydrogens is 206 g/mol. The van der Waals surface area contributed by atoms with E-state index in [1.54, 1.807) is 0 Å². The van der Waals surface area contributed by atoms with E-state index in [0.717, 1.165) is 6.54 Å². The van der Waals surface area contributed by atoms with Gasteiger partial charge in [-0.15, -0.1) is 0 Å². The van der Waals surface area contributed by atoms with E-state index >= 15 is 0 Å². The molecule has 1 unspecified atom stereocenters. The summed E-state index contributed by atoms with van der Waals surface area (Å²) in [6, 6.07) is 0. The Morgan fingerprint density at radius 1 is 1.44 bits per heavy atom. The maximum atomic E-state index is 11.7. The van der Waals surface area contributed by atoms with Gasteiger partial charge in [-0.3, -0.25) is 4.79 Å². The van der Waals surface area contributed by atoms with E-state index < -0.39 is 0 Å². The topological polar surface area (TPSA) is 49.8 Å². The second-order valence-electron chi connectivity index (χ2n) is 5.44. The van der Waals surface area contributed by atoms with Gasteiger partial charge in [0.1, 0.15) is 0 Å². The summed E-state index contributed by atoms with van der Waals surface area (Å²) in [6.45, 7) is 8.92. The van der Waals surface area contributed by atoms with Gasteiger partial charge in [-0.2, -0.15) is 0 Å². The lowest BCUT2D eigenvalue weighted by Crippen LogP contribution is -2.31. The van der Waals surface area contributed by atoms with Gasteiger partial charge >= 0.3 is 0 Å². The van der Waals surface area contributed by atoms with Crippen LogP contribution in [0.3, 0.4) is 0 Å². The zero-order chi connectivity index (χ0) is 12.2. The molecule has 1 N–H and O–H groups in total. The molecule has 16 heavy (non-hydrogen) atoms. The fraction of sp³-hybridized carbons (Fsp3) is 0.917. The normalized spacial score (nSPS) is 21.9. The van der Waals surface area contributed by atoms with Crippen LogP contribution in [0.5, 0.6) is 0 Å². The molecule has 0 radical (unpaired) electrons. The molecule has 0 aromatic heterocycles. The van der Waals surface area contributed by atoms with Gasteiger partial charge in [-0.25, -0.2) is 0 Å². The molecule has 1 heterocycles. The standard InChI is InChI=1S/C12H23NO3/c1-12(2,3)10-8-11(15)13(9-10)4-6-16-7-5-14/h10,14H,4-9H2,1-3H3. The highest BCUT2D eigenvalue weighted by atomic mass is 16.5. The number of carbonyl (C=O) groups is 1. The third-order valence-corrected chi connectivity index (χ3v) is 3.18. The Morgan fingerprint density at radius 2 is 2.12 bits per heavy atom. The van der Waals surface area contributed by atoms with Crippen LogP contribution >= 0.6 is 0 Å². The molecule has 94 valence electrons. The van der Waals surface area contributed by atoms with Crippen LogP contribution in [0.2, 0.25) is 0 Å². The number of ether oxygens (including phenoxy) is 1. The Balaban J connectivity index is 2.31. The van der Waals surface area contributed by atoms with Crippen molar-refractivity contribution in [2.24, 2.45) is 11.3 Å². The first-order valence-electron chi connectivity index (χ1n) is 5.91. The predicted octanol–water partition coefficient (Wildman–Crippen LogP) is 0.890. The van der Waals surface area contributed by atoms with Crippen LogP contribution in [0, 0.1) is 11.3 Å².